The van der Waals surface area contributed by atoms with Gasteiger partial charge in [0.25, 0.3) is 0 Å². The summed E-state index contributed by atoms with van der Waals surface area (Å²) in [7, 11) is 0. The molecule has 148 valence electrons. The van der Waals surface area contributed by atoms with E-state index in [0.29, 0.717) is 16.1 Å². The van der Waals surface area contributed by atoms with Crippen molar-refractivity contribution in [3.8, 4) is 0 Å². The van der Waals surface area contributed by atoms with Crippen LogP contribution >= 0.6 is 23.2 Å². The molecule has 1 heterocycles. The van der Waals surface area contributed by atoms with E-state index in [1.54, 1.807) is 0 Å². The summed E-state index contributed by atoms with van der Waals surface area (Å²) in [5.74, 6) is 0. The van der Waals surface area contributed by atoms with Crippen LogP contribution in [-0.4, -0.2) is 30.2 Å². The lowest BCUT2D eigenvalue weighted by molar-refractivity contribution is 0.175. The molecule has 1 aliphatic heterocycles. The van der Waals surface area contributed by atoms with Crippen molar-refractivity contribution in [3.05, 3.63) is 106 Å². The molecule has 0 bridgehead atoms. The van der Waals surface area contributed by atoms with Gasteiger partial charge in [0.15, 0.2) is 0 Å². The number of hydrogen-bond acceptors (Lipinski definition) is 2. The zero-order valence-corrected chi connectivity index (χ0v) is 17.7. The van der Waals surface area contributed by atoms with E-state index in [0.717, 1.165) is 31.5 Å². The van der Waals surface area contributed by atoms with E-state index in [1.807, 2.05) is 36.5 Å². The largest absolute Gasteiger partial charge is 0.292 e. The second-order valence-corrected chi connectivity index (χ2v) is 8.26. The fraction of sp³-hybridized carbons (Fsp3) is 0.240. The third-order valence-corrected chi connectivity index (χ3v) is 6.21. The van der Waals surface area contributed by atoms with Gasteiger partial charge in [0.1, 0.15) is 0 Å². The average Bonchev–Trinajstić information content (AvgIpc) is 2.77. The summed E-state index contributed by atoms with van der Waals surface area (Å²) >= 11 is 12.5. The summed E-state index contributed by atoms with van der Waals surface area (Å²) in [6, 6.07) is 27.5. The Kier molecular flexibility index (Phi) is 6.66. The van der Waals surface area contributed by atoms with Gasteiger partial charge >= 0.3 is 0 Å². The van der Waals surface area contributed by atoms with Gasteiger partial charge in [0, 0.05) is 19.3 Å². The Morgan fingerprint density at radius 2 is 1.45 bits per heavy atom. The van der Waals surface area contributed by atoms with E-state index in [2.05, 4.69) is 53.4 Å². The lowest BCUT2D eigenvalue weighted by Crippen LogP contribution is -2.38. The van der Waals surface area contributed by atoms with Crippen LogP contribution in [0.4, 0.5) is 0 Å². The maximum Gasteiger partial charge on any atom is 0.0602 e. The molecule has 3 aromatic carbocycles. The standard InChI is InChI=1S/C25H24Cl2N2/c26-23-12-11-21(17-24(23)27)25(20-9-5-2-6-10-20)29-15-13-22(14-16-29)28-18-19-7-3-1-4-8-19/h1-12,17-18,22,25H,13-16H2/b28-18+. The summed E-state index contributed by atoms with van der Waals surface area (Å²) in [6.07, 6.45) is 4.11. The Balaban J connectivity index is 1.51. The summed E-state index contributed by atoms with van der Waals surface area (Å²) in [4.78, 5) is 7.36. The van der Waals surface area contributed by atoms with Crippen LogP contribution in [0, 0.1) is 0 Å². The molecule has 1 aliphatic rings. The fourth-order valence-corrected chi connectivity index (χ4v) is 4.26. The number of piperidine rings is 1. The van der Waals surface area contributed by atoms with E-state index >= 15 is 0 Å². The van der Waals surface area contributed by atoms with E-state index in [1.165, 1.54) is 11.1 Å². The summed E-state index contributed by atoms with van der Waals surface area (Å²) in [6.45, 7) is 1.99. The SMILES string of the molecule is Clc1ccc(C(c2ccccc2)N2CCC(/N=C/c3ccccc3)CC2)cc1Cl. The zero-order valence-electron chi connectivity index (χ0n) is 16.2. The van der Waals surface area contributed by atoms with Crippen LogP contribution in [0.2, 0.25) is 10.0 Å². The molecule has 0 aromatic heterocycles. The molecule has 1 saturated heterocycles. The first-order chi connectivity index (χ1) is 14.2. The van der Waals surface area contributed by atoms with Crippen molar-refractivity contribution in [3.63, 3.8) is 0 Å². The van der Waals surface area contributed by atoms with Gasteiger partial charge in [-0.3, -0.25) is 9.89 Å². The molecule has 1 unspecified atom stereocenters. The van der Waals surface area contributed by atoms with Gasteiger partial charge in [-0.15, -0.1) is 0 Å². The molecule has 0 saturated carbocycles. The smallest absolute Gasteiger partial charge is 0.0602 e. The lowest BCUT2D eigenvalue weighted by atomic mass is 9.94. The van der Waals surface area contributed by atoms with Gasteiger partial charge in [0.05, 0.1) is 22.1 Å². The van der Waals surface area contributed by atoms with Crippen LogP contribution in [0.5, 0.6) is 0 Å². The third kappa shape index (κ3) is 5.08. The number of rotatable bonds is 5. The quantitative estimate of drug-likeness (QED) is 0.419. The summed E-state index contributed by atoms with van der Waals surface area (Å²) < 4.78 is 0. The number of aliphatic imine (C=N–C) groups is 1. The molecule has 0 N–H and O–H groups in total. The second-order valence-electron chi connectivity index (χ2n) is 7.44. The Labute approximate surface area is 182 Å². The van der Waals surface area contributed by atoms with Gasteiger partial charge in [-0.05, 0) is 41.7 Å². The highest BCUT2D eigenvalue weighted by Crippen LogP contribution is 2.34. The Morgan fingerprint density at radius 3 is 2.10 bits per heavy atom. The number of likely N-dealkylation sites (tertiary alicyclic amines) is 1. The first-order valence-electron chi connectivity index (χ1n) is 10.0. The first kappa shape index (κ1) is 20.2. The van der Waals surface area contributed by atoms with E-state index in [9.17, 15) is 0 Å². The van der Waals surface area contributed by atoms with Crippen LogP contribution < -0.4 is 0 Å². The summed E-state index contributed by atoms with van der Waals surface area (Å²) in [5, 5.41) is 1.20. The molecule has 1 fully saturated rings. The van der Waals surface area contributed by atoms with Gasteiger partial charge in [-0.2, -0.15) is 0 Å². The van der Waals surface area contributed by atoms with Crippen molar-refractivity contribution in [2.75, 3.05) is 13.1 Å². The van der Waals surface area contributed by atoms with E-state index in [-0.39, 0.29) is 6.04 Å². The zero-order chi connectivity index (χ0) is 20.1. The predicted molar refractivity (Wildman–Crippen MR) is 123 cm³/mol. The Hall–Kier alpha value is -2.13. The maximum absolute atomic E-state index is 6.34. The molecule has 4 rings (SSSR count). The van der Waals surface area contributed by atoms with Gasteiger partial charge in [0.2, 0.25) is 0 Å². The topological polar surface area (TPSA) is 15.6 Å². The highest BCUT2D eigenvalue weighted by Gasteiger charge is 2.27. The van der Waals surface area contributed by atoms with Crippen molar-refractivity contribution in [1.29, 1.82) is 0 Å². The molecule has 0 spiro atoms. The minimum Gasteiger partial charge on any atom is -0.292 e. The molecule has 29 heavy (non-hydrogen) atoms. The normalized spacial score (nSPS) is 16.9. The van der Waals surface area contributed by atoms with Gasteiger partial charge < -0.3 is 0 Å². The molecule has 2 nitrogen and oxygen atoms in total. The number of halogens is 2. The molecular formula is C25H24Cl2N2. The van der Waals surface area contributed by atoms with Crippen molar-refractivity contribution < 1.29 is 0 Å². The predicted octanol–water partition coefficient (Wildman–Crippen LogP) is 6.67. The summed E-state index contributed by atoms with van der Waals surface area (Å²) in [5.41, 5.74) is 3.61. The molecule has 0 aliphatic carbocycles. The molecule has 0 amide bonds. The average molecular weight is 423 g/mol. The molecular weight excluding hydrogens is 399 g/mol. The van der Waals surface area contributed by atoms with Crippen LogP contribution in [0.25, 0.3) is 0 Å². The first-order valence-corrected chi connectivity index (χ1v) is 10.8. The van der Waals surface area contributed by atoms with Crippen LogP contribution in [-0.2, 0) is 0 Å². The fourth-order valence-electron chi connectivity index (χ4n) is 3.96. The van der Waals surface area contributed by atoms with Crippen LogP contribution in [0.1, 0.15) is 35.6 Å². The molecule has 1 atom stereocenters. The van der Waals surface area contributed by atoms with Crippen LogP contribution in [0.3, 0.4) is 0 Å². The molecule has 0 radical (unpaired) electrons. The monoisotopic (exact) mass is 422 g/mol. The van der Waals surface area contributed by atoms with Crippen molar-refractivity contribution in [1.82, 2.24) is 4.90 Å². The van der Waals surface area contributed by atoms with E-state index in [4.69, 9.17) is 28.2 Å². The third-order valence-electron chi connectivity index (χ3n) is 5.47. The highest BCUT2D eigenvalue weighted by molar-refractivity contribution is 6.42. The second kappa shape index (κ2) is 9.58. The minimum absolute atomic E-state index is 0.171. The number of benzene rings is 3. The Bertz CT molecular complexity index is 949. The Morgan fingerprint density at radius 1 is 0.793 bits per heavy atom. The van der Waals surface area contributed by atoms with E-state index < -0.39 is 0 Å². The number of hydrogen-bond donors (Lipinski definition) is 0. The van der Waals surface area contributed by atoms with Crippen molar-refractivity contribution >= 4 is 29.4 Å². The van der Waals surface area contributed by atoms with Crippen molar-refractivity contribution in [2.45, 2.75) is 24.9 Å². The number of nitrogens with zero attached hydrogens (tertiary/aromatic N) is 2. The maximum atomic E-state index is 6.34. The molecule has 4 heteroatoms. The highest BCUT2D eigenvalue weighted by atomic mass is 35.5. The molecule has 3 aromatic rings. The van der Waals surface area contributed by atoms with Gasteiger partial charge in [-0.25, -0.2) is 0 Å². The lowest BCUT2D eigenvalue weighted by Gasteiger charge is -2.37. The van der Waals surface area contributed by atoms with Crippen LogP contribution in [0.15, 0.2) is 83.9 Å². The van der Waals surface area contributed by atoms with Crippen molar-refractivity contribution in [2.24, 2.45) is 4.99 Å². The minimum atomic E-state index is 0.171. The van der Waals surface area contributed by atoms with Gasteiger partial charge in [-0.1, -0.05) is 89.9 Å².